The van der Waals surface area contributed by atoms with E-state index in [0.29, 0.717) is 5.56 Å². The molecule has 0 aliphatic carbocycles. The van der Waals surface area contributed by atoms with Crippen molar-refractivity contribution in [2.75, 3.05) is 0 Å². The zero-order valence-electron chi connectivity index (χ0n) is 11.3. The van der Waals surface area contributed by atoms with Crippen LogP contribution in [0.1, 0.15) is 15.9 Å². The standard InChI is InChI=1S/C18H13NO2/c20-18(21-19-13-14-7-2-1-3-8-14)17-12-6-10-15-9-4-5-11-16(15)17/h1-13H/b19-13+. The van der Waals surface area contributed by atoms with Gasteiger partial charge in [0.2, 0.25) is 0 Å². The highest BCUT2D eigenvalue weighted by atomic mass is 16.7. The summed E-state index contributed by atoms with van der Waals surface area (Å²) < 4.78 is 0. The lowest BCUT2D eigenvalue weighted by Gasteiger charge is -2.03. The normalized spacial score (nSPS) is 10.9. The summed E-state index contributed by atoms with van der Waals surface area (Å²) in [5.74, 6) is -0.459. The first kappa shape index (κ1) is 13.1. The maximum absolute atomic E-state index is 12.1. The van der Waals surface area contributed by atoms with Gasteiger partial charge in [0, 0.05) is 0 Å². The summed E-state index contributed by atoms with van der Waals surface area (Å²) in [4.78, 5) is 17.1. The van der Waals surface area contributed by atoms with E-state index in [9.17, 15) is 4.79 Å². The van der Waals surface area contributed by atoms with Crippen molar-refractivity contribution in [1.82, 2.24) is 0 Å². The van der Waals surface area contributed by atoms with Crippen molar-refractivity contribution in [3.63, 3.8) is 0 Å². The van der Waals surface area contributed by atoms with Crippen LogP contribution in [0.2, 0.25) is 0 Å². The predicted molar refractivity (Wildman–Crippen MR) is 83.4 cm³/mol. The number of fused-ring (bicyclic) bond motifs is 1. The molecule has 0 amide bonds. The molecule has 0 spiro atoms. The second-order valence-electron chi connectivity index (χ2n) is 4.55. The fourth-order valence-corrected chi connectivity index (χ4v) is 2.13. The number of carbonyl (C=O) groups excluding carboxylic acids is 1. The Morgan fingerprint density at radius 2 is 1.57 bits per heavy atom. The minimum absolute atomic E-state index is 0.459. The summed E-state index contributed by atoms with van der Waals surface area (Å²) in [6, 6.07) is 22.7. The molecular formula is C18H13NO2. The first-order valence-electron chi connectivity index (χ1n) is 6.62. The Bertz CT molecular complexity index is 789. The molecule has 0 heterocycles. The number of oxime groups is 1. The highest BCUT2D eigenvalue weighted by molar-refractivity contribution is 6.04. The second-order valence-corrected chi connectivity index (χ2v) is 4.55. The zero-order valence-corrected chi connectivity index (χ0v) is 11.3. The number of benzene rings is 3. The quantitative estimate of drug-likeness (QED) is 0.411. The van der Waals surface area contributed by atoms with Crippen LogP contribution in [0.5, 0.6) is 0 Å². The minimum atomic E-state index is -0.459. The van der Waals surface area contributed by atoms with E-state index in [2.05, 4.69) is 5.16 Å². The first-order valence-corrected chi connectivity index (χ1v) is 6.62. The monoisotopic (exact) mass is 275 g/mol. The van der Waals surface area contributed by atoms with Gasteiger partial charge in [0.1, 0.15) is 0 Å². The summed E-state index contributed by atoms with van der Waals surface area (Å²) in [7, 11) is 0. The Morgan fingerprint density at radius 3 is 2.43 bits per heavy atom. The lowest BCUT2D eigenvalue weighted by molar-refractivity contribution is 0.0521. The molecule has 21 heavy (non-hydrogen) atoms. The third-order valence-corrected chi connectivity index (χ3v) is 3.15. The molecule has 0 radical (unpaired) electrons. The average molecular weight is 275 g/mol. The molecule has 3 aromatic rings. The molecule has 0 aromatic heterocycles. The van der Waals surface area contributed by atoms with Gasteiger partial charge in [-0.2, -0.15) is 0 Å². The van der Waals surface area contributed by atoms with E-state index < -0.39 is 5.97 Å². The average Bonchev–Trinajstić information content (AvgIpc) is 2.55. The fraction of sp³-hybridized carbons (Fsp3) is 0. The lowest BCUT2D eigenvalue weighted by Crippen LogP contribution is -2.02. The second kappa shape index (κ2) is 6.01. The van der Waals surface area contributed by atoms with Crippen molar-refractivity contribution >= 4 is 23.0 Å². The van der Waals surface area contributed by atoms with E-state index in [4.69, 9.17) is 4.84 Å². The van der Waals surface area contributed by atoms with Crippen LogP contribution in [0.4, 0.5) is 0 Å². The fourth-order valence-electron chi connectivity index (χ4n) is 2.13. The molecule has 3 aromatic carbocycles. The molecule has 0 aliphatic heterocycles. The van der Waals surface area contributed by atoms with Crippen LogP contribution in [0.3, 0.4) is 0 Å². The van der Waals surface area contributed by atoms with Gasteiger partial charge in [0.25, 0.3) is 0 Å². The van der Waals surface area contributed by atoms with Crippen LogP contribution in [-0.2, 0) is 4.84 Å². The van der Waals surface area contributed by atoms with Crippen LogP contribution in [-0.4, -0.2) is 12.2 Å². The first-order chi connectivity index (χ1) is 10.3. The van der Waals surface area contributed by atoms with Gasteiger partial charge in [0.05, 0.1) is 11.8 Å². The van der Waals surface area contributed by atoms with Crippen LogP contribution in [0, 0.1) is 0 Å². The van der Waals surface area contributed by atoms with Gasteiger partial charge in [0.15, 0.2) is 0 Å². The highest BCUT2D eigenvalue weighted by Crippen LogP contribution is 2.19. The molecule has 3 heteroatoms. The molecule has 0 N–H and O–H groups in total. The van der Waals surface area contributed by atoms with Crippen LogP contribution in [0.15, 0.2) is 78.0 Å². The predicted octanol–water partition coefficient (Wildman–Crippen LogP) is 4.03. The van der Waals surface area contributed by atoms with Crippen LogP contribution >= 0.6 is 0 Å². The van der Waals surface area contributed by atoms with Crippen molar-refractivity contribution in [3.05, 3.63) is 83.9 Å². The Labute approximate surface area is 122 Å². The summed E-state index contributed by atoms with van der Waals surface area (Å²) in [5.41, 5.74) is 1.39. The van der Waals surface area contributed by atoms with E-state index in [1.807, 2.05) is 66.7 Å². The lowest BCUT2D eigenvalue weighted by atomic mass is 10.1. The maximum Gasteiger partial charge on any atom is 0.366 e. The van der Waals surface area contributed by atoms with E-state index in [1.54, 1.807) is 6.07 Å². The van der Waals surface area contributed by atoms with Crippen molar-refractivity contribution in [3.8, 4) is 0 Å². The minimum Gasteiger partial charge on any atom is -0.313 e. The maximum atomic E-state index is 12.1. The van der Waals surface area contributed by atoms with Crippen molar-refractivity contribution in [1.29, 1.82) is 0 Å². The Morgan fingerprint density at radius 1 is 0.857 bits per heavy atom. The number of hydrogen-bond donors (Lipinski definition) is 0. The van der Waals surface area contributed by atoms with Crippen LogP contribution < -0.4 is 0 Å². The largest absolute Gasteiger partial charge is 0.366 e. The highest BCUT2D eigenvalue weighted by Gasteiger charge is 2.10. The smallest absolute Gasteiger partial charge is 0.313 e. The molecule has 3 rings (SSSR count). The number of hydrogen-bond acceptors (Lipinski definition) is 3. The Balaban J connectivity index is 1.80. The van der Waals surface area contributed by atoms with Crippen LogP contribution in [0.25, 0.3) is 10.8 Å². The molecule has 0 fully saturated rings. The molecule has 3 nitrogen and oxygen atoms in total. The van der Waals surface area contributed by atoms with Gasteiger partial charge in [-0.3, -0.25) is 0 Å². The van der Waals surface area contributed by atoms with E-state index in [0.717, 1.165) is 16.3 Å². The van der Waals surface area contributed by atoms with Gasteiger partial charge in [-0.05, 0) is 22.4 Å². The SMILES string of the molecule is O=C(O/N=C/c1ccccc1)c1cccc2ccccc12. The number of nitrogens with zero attached hydrogens (tertiary/aromatic N) is 1. The molecular weight excluding hydrogens is 262 g/mol. The van der Waals surface area contributed by atoms with E-state index in [-0.39, 0.29) is 0 Å². The van der Waals surface area contributed by atoms with Crippen molar-refractivity contribution < 1.29 is 9.63 Å². The third kappa shape index (κ3) is 2.98. The topological polar surface area (TPSA) is 38.7 Å². The number of carbonyl (C=O) groups is 1. The van der Waals surface area contributed by atoms with Crippen molar-refractivity contribution in [2.45, 2.75) is 0 Å². The van der Waals surface area contributed by atoms with Gasteiger partial charge in [-0.1, -0.05) is 71.9 Å². The van der Waals surface area contributed by atoms with Gasteiger partial charge < -0.3 is 4.84 Å². The van der Waals surface area contributed by atoms with E-state index >= 15 is 0 Å². The molecule has 102 valence electrons. The number of rotatable bonds is 3. The molecule has 0 saturated carbocycles. The summed E-state index contributed by atoms with van der Waals surface area (Å²) in [6.07, 6.45) is 1.52. The van der Waals surface area contributed by atoms with E-state index in [1.165, 1.54) is 6.21 Å². The molecule has 0 atom stereocenters. The Hall–Kier alpha value is -2.94. The summed E-state index contributed by atoms with van der Waals surface area (Å²) >= 11 is 0. The molecule has 0 bridgehead atoms. The Kier molecular flexibility index (Phi) is 3.74. The summed E-state index contributed by atoms with van der Waals surface area (Å²) in [5, 5.41) is 5.61. The summed E-state index contributed by atoms with van der Waals surface area (Å²) in [6.45, 7) is 0. The molecule has 0 unspecified atom stereocenters. The van der Waals surface area contributed by atoms with Gasteiger partial charge in [-0.25, -0.2) is 4.79 Å². The molecule has 0 aliphatic rings. The van der Waals surface area contributed by atoms with Gasteiger partial charge in [-0.15, -0.1) is 0 Å². The zero-order chi connectivity index (χ0) is 14.5. The molecule has 0 saturated heterocycles. The van der Waals surface area contributed by atoms with Gasteiger partial charge >= 0.3 is 5.97 Å². The van der Waals surface area contributed by atoms with Crippen molar-refractivity contribution in [2.24, 2.45) is 5.16 Å². The third-order valence-electron chi connectivity index (χ3n) is 3.15.